The second kappa shape index (κ2) is 5.85. The van der Waals surface area contributed by atoms with Gasteiger partial charge in [-0.3, -0.25) is 4.79 Å². The first-order valence-electron chi connectivity index (χ1n) is 8.17. The van der Waals surface area contributed by atoms with E-state index >= 15 is 0 Å². The number of carbonyl (C=O) groups is 1. The minimum absolute atomic E-state index is 0.0755. The summed E-state index contributed by atoms with van der Waals surface area (Å²) in [5, 5.41) is 2.12. The number of benzene rings is 1. The molecule has 1 amide bonds. The van der Waals surface area contributed by atoms with Gasteiger partial charge in [0, 0.05) is 18.8 Å². The van der Waals surface area contributed by atoms with Crippen LogP contribution in [0.25, 0.3) is 10.2 Å². The molecule has 118 valence electrons. The number of fused-ring (bicyclic) bond motifs is 1. The minimum Gasteiger partial charge on any atom is -0.333 e. The van der Waals surface area contributed by atoms with Crippen LogP contribution in [-0.2, 0) is 0 Å². The summed E-state index contributed by atoms with van der Waals surface area (Å²) in [6.45, 7) is 0. The Bertz CT molecular complexity index is 828. The zero-order valence-corrected chi connectivity index (χ0v) is 14.1. The Balaban J connectivity index is 1.77. The number of amides is 1. The van der Waals surface area contributed by atoms with Crippen molar-refractivity contribution in [1.82, 2.24) is 4.57 Å². The highest BCUT2D eigenvalue weighted by Gasteiger charge is 2.26. The van der Waals surface area contributed by atoms with Crippen LogP contribution in [0.15, 0.2) is 47.8 Å². The molecular weight excluding hydrogens is 304 g/mol. The normalized spacial score (nSPS) is 15.3. The van der Waals surface area contributed by atoms with Gasteiger partial charge in [-0.1, -0.05) is 31.0 Å². The highest BCUT2D eigenvalue weighted by Crippen LogP contribution is 2.37. The maximum atomic E-state index is 13.1. The van der Waals surface area contributed by atoms with Gasteiger partial charge in [0.15, 0.2) is 0 Å². The van der Waals surface area contributed by atoms with Crippen molar-refractivity contribution in [2.45, 2.75) is 31.7 Å². The third-order valence-electron chi connectivity index (χ3n) is 4.82. The summed E-state index contributed by atoms with van der Waals surface area (Å²) >= 11 is 1.71. The molecule has 1 aliphatic carbocycles. The van der Waals surface area contributed by atoms with E-state index in [0.29, 0.717) is 6.04 Å². The Morgan fingerprint density at radius 2 is 1.91 bits per heavy atom. The maximum absolute atomic E-state index is 13.1. The maximum Gasteiger partial charge on any atom is 0.274 e. The van der Waals surface area contributed by atoms with Crippen LogP contribution in [0.1, 0.15) is 42.2 Å². The van der Waals surface area contributed by atoms with E-state index in [4.69, 9.17) is 0 Å². The molecule has 0 N–H and O–H groups in total. The number of aromatic nitrogens is 1. The number of hydrogen-bond acceptors (Lipinski definition) is 2. The Morgan fingerprint density at radius 3 is 2.65 bits per heavy atom. The first-order chi connectivity index (χ1) is 11.3. The molecule has 1 saturated carbocycles. The molecule has 0 radical (unpaired) electrons. The molecule has 0 atom stereocenters. The van der Waals surface area contributed by atoms with Crippen molar-refractivity contribution in [3.63, 3.8) is 0 Å². The van der Waals surface area contributed by atoms with Gasteiger partial charge in [-0.2, -0.15) is 0 Å². The quantitative estimate of drug-likeness (QED) is 0.658. The molecule has 1 aromatic carbocycles. The fourth-order valence-corrected chi connectivity index (χ4v) is 4.42. The third-order valence-corrected chi connectivity index (χ3v) is 5.67. The lowest BCUT2D eigenvalue weighted by molar-refractivity contribution is 0.0982. The van der Waals surface area contributed by atoms with Gasteiger partial charge in [0.2, 0.25) is 0 Å². The standard InChI is InChI=1S/C19H20N2OS/c1-20(14-7-3-2-4-8-14)19(22)17-13-18-16(11-12-23-18)21(17)15-9-5-6-10-15/h2-4,7-8,11-13,15H,5-6,9-10H2,1H3. The van der Waals surface area contributed by atoms with Gasteiger partial charge < -0.3 is 9.47 Å². The van der Waals surface area contributed by atoms with Crippen LogP contribution in [0.3, 0.4) is 0 Å². The van der Waals surface area contributed by atoms with E-state index in [-0.39, 0.29) is 5.91 Å². The van der Waals surface area contributed by atoms with Gasteiger partial charge in [0.05, 0.1) is 10.2 Å². The summed E-state index contributed by atoms with van der Waals surface area (Å²) < 4.78 is 3.50. The van der Waals surface area contributed by atoms with Crippen molar-refractivity contribution in [3.05, 3.63) is 53.5 Å². The van der Waals surface area contributed by atoms with E-state index in [2.05, 4.69) is 22.1 Å². The number of hydrogen-bond donors (Lipinski definition) is 0. The predicted octanol–water partition coefficient (Wildman–Crippen LogP) is 5.09. The van der Waals surface area contributed by atoms with E-state index in [9.17, 15) is 4.79 Å². The first kappa shape index (κ1) is 14.5. The van der Waals surface area contributed by atoms with Crippen LogP contribution < -0.4 is 4.90 Å². The zero-order chi connectivity index (χ0) is 15.8. The molecule has 3 aromatic rings. The first-order valence-corrected chi connectivity index (χ1v) is 9.05. The molecule has 2 heterocycles. The van der Waals surface area contributed by atoms with Crippen molar-refractivity contribution < 1.29 is 4.79 Å². The van der Waals surface area contributed by atoms with E-state index in [1.807, 2.05) is 37.4 Å². The predicted molar refractivity (Wildman–Crippen MR) is 96.5 cm³/mol. The van der Waals surface area contributed by atoms with E-state index in [0.717, 1.165) is 11.4 Å². The van der Waals surface area contributed by atoms with Crippen molar-refractivity contribution >= 4 is 33.1 Å². The average Bonchev–Trinajstić information content (AvgIpc) is 3.30. The number of thiophene rings is 1. The van der Waals surface area contributed by atoms with Gasteiger partial charge in [-0.25, -0.2) is 0 Å². The highest BCUT2D eigenvalue weighted by molar-refractivity contribution is 7.17. The summed E-state index contributed by atoms with van der Waals surface area (Å²) in [5.41, 5.74) is 2.97. The molecule has 2 aromatic heterocycles. The smallest absolute Gasteiger partial charge is 0.274 e. The van der Waals surface area contributed by atoms with Crippen LogP contribution in [0, 0.1) is 0 Å². The lowest BCUT2D eigenvalue weighted by Crippen LogP contribution is -2.29. The molecule has 1 aliphatic rings. The third kappa shape index (κ3) is 2.47. The molecule has 4 rings (SSSR count). The number of rotatable bonds is 3. The molecule has 0 bridgehead atoms. The molecule has 1 fully saturated rings. The molecule has 0 spiro atoms. The van der Waals surface area contributed by atoms with Gasteiger partial charge in [-0.05, 0) is 42.5 Å². The Kier molecular flexibility index (Phi) is 3.69. The minimum atomic E-state index is 0.0755. The Labute approximate surface area is 140 Å². The van der Waals surface area contributed by atoms with Crippen LogP contribution in [0.5, 0.6) is 0 Å². The summed E-state index contributed by atoms with van der Waals surface area (Å²) in [4.78, 5) is 14.9. The number of nitrogens with zero attached hydrogens (tertiary/aromatic N) is 2. The Morgan fingerprint density at radius 1 is 1.17 bits per heavy atom. The number of para-hydroxylation sites is 1. The van der Waals surface area contributed by atoms with Gasteiger partial charge in [-0.15, -0.1) is 11.3 Å². The summed E-state index contributed by atoms with van der Waals surface area (Å²) in [7, 11) is 1.86. The number of anilines is 1. The molecular formula is C19H20N2OS. The fourth-order valence-electron chi connectivity index (χ4n) is 3.61. The summed E-state index contributed by atoms with van der Waals surface area (Å²) in [6, 6.07) is 14.5. The lowest BCUT2D eigenvalue weighted by Gasteiger charge is -2.21. The van der Waals surface area contributed by atoms with Gasteiger partial charge in [0.1, 0.15) is 5.69 Å². The summed E-state index contributed by atoms with van der Waals surface area (Å²) in [6.07, 6.45) is 4.87. The zero-order valence-electron chi connectivity index (χ0n) is 13.2. The van der Waals surface area contributed by atoms with Crippen LogP contribution in [-0.4, -0.2) is 17.5 Å². The largest absolute Gasteiger partial charge is 0.333 e. The fraction of sp³-hybridized carbons (Fsp3) is 0.316. The van der Waals surface area contributed by atoms with E-state index < -0.39 is 0 Å². The van der Waals surface area contributed by atoms with E-state index in [1.165, 1.54) is 35.9 Å². The van der Waals surface area contributed by atoms with E-state index in [1.54, 1.807) is 16.2 Å². The van der Waals surface area contributed by atoms with Crippen molar-refractivity contribution in [2.24, 2.45) is 0 Å². The van der Waals surface area contributed by atoms with Crippen molar-refractivity contribution in [1.29, 1.82) is 0 Å². The molecule has 3 nitrogen and oxygen atoms in total. The van der Waals surface area contributed by atoms with Crippen molar-refractivity contribution in [2.75, 3.05) is 11.9 Å². The second-order valence-electron chi connectivity index (χ2n) is 6.21. The highest BCUT2D eigenvalue weighted by atomic mass is 32.1. The lowest BCUT2D eigenvalue weighted by atomic mass is 10.2. The molecule has 0 saturated heterocycles. The topological polar surface area (TPSA) is 25.2 Å². The number of carbonyl (C=O) groups excluding carboxylic acids is 1. The van der Waals surface area contributed by atoms with Crippen LogP contribution in [0.4, 0.5) is 5.69 Å². The SMILES string of the molecule is CN(C(=O)c1cc2sccc2n1C1CCCC1)c1ccccc1. The molecule has 4 heteroatoms. The molecule has 0 aliphatic heterocycles. The summed E-state index contributed by atoms with van der Waals surface area (Å²) in [5.74, 6) is 0.0755. The molecule has 23 heavy (non-hydrogen) atoms. The Hall–Kier alpha value is -2.07. The average molecular weight is 324 g/mol. The van der Waals surface area contributed by atoms with Crippen LogP contribution >= 0.6 is 11.3 Å². The monoisotopic (exact) mass is 324 g/mol. The van der Waals surface area contributed by atoms with Crippen LogP contribution in [0.2, 0.25) is 0 Å². The van der Waals surface area contributed by atoms with Gasteiger partial charge in [0.25, 0.3) is 5.91 Å². The van der Waals surface area contributed by atoms with Crippen molar-refractivity contribution in [3.8, 4) is 0 Å². The van der Waals surface area contributed by atoms with Gasteiger partial charge >= 0.3 is 0 Å². The molecule has 0 unspecified atom stereocenters. The second-order valence-corrected chi connectivity index (χ2v) is 7.16.